The fraction of sp³-hybridized carbons (Fsp3) is 1.00. The molecule has 0 aliphatic rings. The van der Waals surface area contributed by atoms with Crippen molar-refractivity contribution < 1.29 is 0 Å². The monoisotopic (exact) mass is 186 g/mol. The summed E-state index contributed by atoms with van der Waals surface area (Å²) in [6.07, 6.45) is 3.87. The summed E-state index contributed by atoms with van der Waals surface area (Å²) in [5.41, 5.74) is 0. The molecule has 0 saturated heterocycles. The Morgan fingerprint density at radius 3 is 2.31 bits per heavy atom. The predicted octanol–water partition coefficient (Wildman–Crippen LogP) is 2.01. The van der Waals surface area contributed by atoms with Gasteiger partial charge in [0.15, 0.2) is 0 Å². The Morgan fingerprint density at radius 1 is 1.00 bits per heavy atom. The number of nitrogens with one attached hydrogen (secondary N) is 2. The topological polar surface area (TPSA) is 24.1 Å². The first kappa shape index (κ1) is 12.9. The zero-order valence-electron chi connectivity index (χ0n) is 9.53. The second-order valence-electron chi connectivity index (χ2n) is 3.76. The van der Waals surface area contributed by atoms with E-state index in [1.54, 1.807) is 0 Å². The summed E-state index contributed by atoms with van der Waals surface area (Å²) < 4.78 is 0. The minimum Gasteiger partial charge on any atom is -0.317 e. The van der Waals surface area contributed by atoms with Crippen LogP contribution in [0.2, 0.25) is 0 Å². The van der Waals surface area contributed by atoms with Crippen molar-refractivity contribution in [1.82, 2.24) is 10.6 Å². The third-order valence-corrected chi connectivity index (χ3v) is 2.47. The molecular weight excluding hydrogens is 160 g/mol. The maximum Gasteiger partial charge on any atom is -0.00368 e. The van der Waals surface area contributed by atoms with Crippen LogP contribution in [0.1, 0.15) is 40.0 Å². The minimum atomic E-state index is 0.876. The van der Waals surface area contributed by atoms with Crippen LogP contribution < -0.4 is 10.6 Å². The number of rotatable bonds is 9. The highest BCUT2D eigenvalue weighted by atomic mass is 14.9. The van der Waals surface area contributed by atoms with Gasteiger partial charge in [0.25, 0.3) is 0 Å². The molecule has 2 heteroatoms. The van der Waals surface area contributed by atoms with Gasteiger partial charge in [0.05, 0.1) is 0 Å². The summed E-state index contributed by atoms with van der Waals surface area (Å²) in [6.45, 7) is 11.3. The van der Waals surface area contributed by atoms with Crippen molar-refractivity contribution in [1.29, 1.82) is 0 Å². The summed E-state index contributed by atoms with van der Waals surface area (Å²) in [4.78, 5) is 0. The molecule has 0 bridgehead atoms. The Labute approximate surface area is 83.5 Å². The minimum absolute atomic E-state index is 0.876. The van der Waals surface area contributed by atoms with E-state index < -0.39 is 0 Å². The second kappa shape index (κ2) is 10.0. The summed E-state index contributed by atoms with van der Waals surface area (Å²) in [5, 5.41) is 6.79. The lowest BCUT2D eigenvalue weighted by Gasteiger charge is -2.09. The van der Waals surface area contributed by atoms with Gasteiger partial charge in [0.1, 0.15) is 0 Å². The van der Waals surface area contributed by atoms with Crippen molar-refractivity contribution in [2.24, 2.45) is 5.92 Å². The Balaban J connectivity index is 2.91. The van der Waals surface area contributed by atoms with Crippen LogP contribution in [0.3, 0.4) is 0 Å². The third-order valence-electron chi connectivity index (χ3n) is 2.47. The molecule has 0 spiro atoms. The summed E-state index contributed by atoms with van der Waals surface area (Å²) >= 11 is 0. The van der Waals surface area contributed by atoms with Gasteiger partial charge in [0.2, 0.25) is 0 Å². The van der Waals surface area contributed by atoms with Crippen LogP contribution >= 0.6 is 0 Å². The van der Waals surface area contributed by atoms with Gasteiger partial charge < -0.3 is 10.6 Å². The first-order chi connectivity index (χ1) is 6.31. The molecule has 13 heavy (non-hydrogen) atoms. The maximum atomic E-state index is 3.47. The Bertz CT molecular complexity index is 94.1. The number of hydrogen-bond acceptors (Lipinski definition) is 2. The van der Waals surface area contributed by atoms with E-state index in [1.807, 2.05) is 0 Å². The molecule has 0 aromatic carbocycles. The van der Waals surface area contributed by atoms with E-state index in [9.17, 15) is 0 Å². The quantitative estimate of drug-likeness (QED) is 0.538. The molecular formula is C11H26N2. The Hall–Kier alpha value is -0.0800. The standard InChI is InChI=1S/C11H26N2/c1-4-11(3)7-10-13-9-6-8-12-5-2/h11-13H,4-10H2,1-3H3. The third kappa shape index (κ3) is 9.84. The Kier molecular flexibility index (Phi) is 9.94. The van der Waals surface area contributed by atoms with Crippen LogP contribution in [0.4, 0.5) is 0 Å². The molecule has 1 unspecified atom stereocenters. The largest absolute Gasteiger partial charge is 0.317 e. The Morgan fingerprint density at radius 2 is 1.69 bits per heavy atom. The van der Waals surface area contributed by atoms with Gasteiger partial charge in [-0.2, -0.15) is 0 Å². The lowest BCUT2D eigenvalue weighted by molar-refractivity contribution is 0.483. The summed E-state index contributed by atoms with van der Waals surface area (Å²) in [7, 11) is 0. The van der Waals surface area contributed by atoms with Crippen molar-refractivity contribution in [3.8, 4) is 0 Å². The van der Waals surface area contributed by atoms with E-state index >= 15 is 0 Å². The lowest BCUT2D eigenvalue weighted by atomic mass is 10.1. The van der Waals surface area contributed by atoms with E-state index in [0.717, 1.165) is 25.6 Å². The molecule has 1 atom stereocenters. The zero-order valence-corrected chi connectivity index (χ0v) is 9.53. The summed E-state index contributed by atoms with van der Waals surface area (Å²) in [6, 6.07) is 0. The van der Waals surface area contributed by atoms with Crippen molar-refractivity contribution in [2.75, 3.05) is 26.2 Å². The van der Waals surface area contributed by atoms with Crippen molar-refractivity contribution in [3.05, 3.63) is 0 Å². The van der Waals surface area contributed by atoms with Gasteiger partial charge in [-0.05, 0) is 44.9 Å². The van der Waals surface area contributed by atoms with Crippen molar-refractivity contribution in [2.45, 2.75) is 40.0 Å². The molecule has 0 aromatic heterocycles. The van der Waals surface area contributed by atoms with Gasteiger partial charge in [-0.15, -0.1) is 0 Å². The lowest BCUT2D eigenvalue weighted by Crippen LogP contribution is -2.23. The molecule has 0 radical (unpaired) electrons. The molecule has 0 amide bonds. The van der Waals surface area contributed by atoms with E-state index in [2.05, 4.69) is 31.4 Å². The van der Waals surface area contributed by atoms with E-state index in [0.29, 0.717) is 0 Å². The summed E-state index contributed by atoms with van der Waals surface area (Å²) in [5.74, 6) is 0.876. The van der Waals surface area contributed by atoms with Gasteiger partial charge in [-0.1, -0.05) is 27.2 Å². The van der Waals surface area contributed by atoms with Gasteiger partial charge in [0, 0.05) is 0 Å². The molecule has 0 aliphatic carbocycles. The van der Waals surface area contributed by atoms with E-state index in [4.69, 9.17) is 0 Å². The average molecular weight is 186 g/mol. The van der Waals surface area contributed by atoms with Crippen LogP contribution in [0.25, 0.3) is 0 Å². The number of hydrogen-bond donors (Lipinski definition) is 2. The molecule has 2 N–H and O–H groups in total. The van der Waals surface area contributed by atoms with Gasteiger partial charge >= 0.3 is 0 Å². The van der Waals surface area contributed by atoms with Crippen LogP contribution in [0, 0.1) is 5.92 Å². The zero-order chi connectivity index (χ0) is 9.94. The first-order valence-corrected chi connectivity index (χ1v) is 5.72. The van der Waals surface area contributed by atoms with Crippen LogP contribution in [-0.2, 0) is 0 Å². The van der Waals surface area contributed by atoms with E-state index in [1.165, 1.54) is 25.8 Å². The van der Waals surface area contributed by atoms with Crippen LogP contribution in [0.15, 0.2) is 0 Å². The molecule has 80 valence electrons. The first-order valence-electron chi connectivity index (χ1n) is 5.72. The second-order valence-corrected chi connectivity index (χ2v) is 3.76. The molecule has 0 heterocycles. The SMILES string of the molecule is CCNCCCNCCC(C)CC. The molecule has 0 fully saturated rings. The van der Waals surface area contributed by atoms with Crippen LogP contribution in [-0.4, -0.2) is 26.2 Å². The molecule has 0 aromatic rings. The van der Waals surface area contributed by atoms with Gasteiger partial charge in [-0.25, -0.2) is 0 Å². The highest BCUT2D eigenvalue weighted by molar-refractivity contribution is 4.54. The fourth-order valence-electron chi connectivity index (χ4n) is 1.19. The van der Waals surface area contributed by atoms with Crippen molar-refractivity contribution in [3.63, 3.8) is 0 Å². The van der Waals surface area contributed by atoms with Crippen LogP contribution in [0.5, 0.6) is 0 Å². The molecule has 2 nitrogen and oxygen atoms in total. The highest BCUT2D eigenvalue weighted by Crippen LogP contribution is 2.03. The predicted molar refractivity (Wildman–Crippen MR) is 60.1 cm³/mol. The highest BCUT2D eigenvalue weighted by Gasteiger charge is 1.96. The van der Waals surface area contributed by atoms with E-state index in [-0.39, 0.29) is 0 Å². The maximum absolute atomic E-state index is 3.47. The molecule has 0 rings (SSSR count). The molecule has 0 aliphatic heterocycles. The molecule has 0 saturated carbocycles. The fourth-order valence-corrected chi connectivity index (χ4v) is 1.19. The average Bonchev–Trinajstić information content (AvgIpc) is 2.16. The van der Waals surface area contributed by atoms with Crippen molar-refractivity contribution >= 4 is 0 Å². The normalized spacial score (nSPS) is 13.2. The smallest absolute Gasteiger partial charge is 0.00368 e. The van der Waals surface area contributed by atoms with Gasteiger partial charge in [-0.3, -0.25) is 0 Å².